The molecule has 0 spiro atoms. The van der Waals surface area contributed by atoms with Gasteiger partial charge in [-0.25, -0.2) is 0 Å². The van der Waals surface area contributed by atoms with Gasteiger partial charge in [0.2, 0.25) is 0 Å². The van der Waals surface area contributed by atoms with Crippen molar-refractivity contribution < 1.29 is 14.6 Å². The van der Waals surface area contributed by atoms with E-state index in [2.05, 4.69) is 21.2 Å². The minimum absolute atomic E-state index is 0.151. The van der Waals surface area contributed by atoms with Gasteiger partial charge in [-0.05, 0) is 41.1 Å². The van der Waals surface area contributed by atoms with E-state index in [1.807, 2.05) is 30.3 Å². The van der Waals surface area contributed by atoms with Gasteiger partial charge in [0, 0.05) is 11.3 Å². The lowest BCUT2D eigenvalue weighted by molar-refractivity contribution is -0.122. The van der Waals surface area contributed by atoms with Crippen LogP contribution in [-0.2, 0) is 11.4 Å². The van der Waals surface area contributed by atoms with E-state index < -0.39 is 6.10 Å². The molecule has 0 heterocycles. The number of halogens is 1. The Hall–Kier alpha value is -1.85. The predicted octanol–water partition coefficient (Wildman–Crippen LogP) is 3.35. The van der Waals surface area contributed by atoms with Gasteiger partial charge < -0.3 is 15.2 Å². The molecule has 5 heteroatoms. The molecule has 2 aromatic carbocycles. The summed E-state index contributed by atoms with van der Waals surface area (Å²) in [6, 6.07) is 14.5. The summed E-state index contributed by atoms with van der Waals surface area (Å²) in [6.07, 6.45) is -0.686. The van der Waals surface area contributed by atoms with Crippen LogP contribution in [0.1, 0.15) is 12.5 Å². The number of aliphatic hydroxyl groups is 1. The molecular formula is C16H16BrNO3. The lowest BCUT2D eigenvalue weighted by Gasteiger charge is -2.18. The normalized spacial score (nSPS) is 11.8. The van der Waals surface area contributed by atoms with Gasteiger partial charge in [-0.3, -0.25) is 4.79 Å². The summed E-state index contributed by atoms with van der Waals surface area (Å²) in [5, 5.41) is 12.1. The fourth-order valence-electron chi connectivity index (χ4n) is 1.81. The molecule has 0 saturated carbocycles. The molecular weight excluding hydrogens is 334 g/mol. The van der Waals surface area contributed by atoms with Gasteiger partial charge in [-0.15, -0.1) is 0 Å². The van der Waals surface area contributed by atoms with E-state index in [0.717, 1.165) is 0 Å². The number of carbonyl (C=O) groups excluding carboxylic acids is 1. The first kappa shape index (κ1) is 15.5. The first-order valence-corrected chi connectivity index (χ1v) is 7.32. The Morgan fingerprint density at radius 3 is 2.62 bits per heavy atom. The standard InChI is InChI=1S/C16H16BrNO3/c1-11(16(20)18-13-7-3-2-4-8-13)21-15-12(10-19)6-5-9-14(15)17/h2-9,11,19H,10H2,1H3,(H,18,20). The zero-order chi connectivity index (χ0) is 15.2. The average molecular weight is 350 g/mol. The molecule has 0 fully saturated rings. The van der Waals surface area contributed by atoms with Crippen LogP contribution < -0.4 is 10.1 Å². The van der Waals surface area contributed by atoms with Crippen molar-refractivity contribution in [1.29, 1.82) is 0 Å². The summed E-state index contributed by atoms with van der Waals surface area (Å²) in [5.41, 5.74) is 1.34. The minimum Gasteiger partial charge on any atom is -0.479 e. The van der Waals surface area contributed by atoms with Crippen LogP contribution in [0.5, 0.6) is 5.75 Å². The second-order valence-corrected chi connectivity index (χ2v) is 5.36. The molecule has 110 valence electrons. The van der Waals surface area contributed by atoms with E-state index in [1.54, 1.807) is 25.1 Å². The van der Waals surface area contributed by atoms with E-state index in [1.165, 1.54) is 0 Å². The van der Waals surface area contributed by atoms with Gasteiger partial charge in [-0.2, -0.15) is 0 Å². The smallest absolute Gasteiger partial charge is 0.265 e. The molecule has 2 rings (SSSR count). The number of hydrogen-bond acceptors (Lipinski definition) is 3. The molecule has 0 aliphatic heterocycles. The van der Waals surface area contributed by atoms with Gasteiger partial charge in [0.25, 0.3) is 5.91 Å². The average Bonchev–Trinajstić information content (AvgIpc) is 2.50. The van der Waals surface area contributed by atoms with Crippen molar-refractivity contribution in [2.75, 3.05) is 5.32 Å². The summed E-state index contributed by atoms with van der Waals surface area (Å²) in [4.78, 5) is 12.1. The Balaban J connectivity index is 2.08. The summed E-state index contributed by atoms with van der Waals surface area (Å²) >= 11 is 3.36. The number of rotatable bonds is 5. The molecule has 0 aliphatic rings. The highest BCUT2D eigenvalue weighted by atomic mass is 79.9. The Morgan fingerprint density at radius 2 is 1.95 bits per heavy atom. The van der Waals surface area contributed by atoms with E-state index in [9.17, 15) is 9.90 Å². The van der Waals surface area contributed by atoms with Crippen LogP contribution in [0.15, 0.2) is 53.0 Å². The number of benzene rings is 2. The highest BCUT2D eigenvalue weighted by Crippen LogP contribution is 2.30. The number of para-hydroxylation sites is 2. The molecule has 1 unspecified atom stereocenters. The van der Waals surface area contributed by atoms with Crippen LogP contribution in [0.25, 0.3) is 0 Å². The highest BCUT2D eigenvalue weighted by Gasteiger charge is 2.18. The van der Waals surface area contributed by atoms with Crippen molar-refractivity contribution in [1.82, 2.24) is 0 Å². The number of ether oxygens (including phenoxy) is 1. The fraction of sp³-hybridized carbons (Fsp3) is 0.188. The van der Waals surface area contributed by atoms with Crippen LogP contribution in [0.3, 0.4) is 0 Å². The number of carbonyl (C=O) groups is 1. The summed E-state index contributed by atoms with van der Waals surface area (Å²) in [7, 11) is 0. The largest absolute Gasteiger partial charge is 0.479 e. The topological polar surface area (TPSA) is 58.6 Å². The lowest BCUT2D eigenvalue weighted by Crippen LogP contribution is -2.30. The van der Waals surface area contributed by atoms with Gasteiger partial charge in [0.1, 0.15) is 5.75 Å². The third-order valence-corrected chi connectivity index (χ3v) is 3.55. The quantitative estimate of drug-likeness (QED) is 0.870. The van der Waals surface area contributed by atoms with Crippen LogP contribution in [0.4, 0.5) is 5.69 Å². The van der Waals surface area contributed by atoms with Crippen LogP contribution >= 0.6 is 15.9 Å². The molecule has 0 bridgehead atoms. The number of aliphatic hydroxyl groups excluding tert-OH is 1. The highest BCUT2D eigenvalue weighted by molar-refractivity contribution is 9.10. The molecule has 4 nitrogen and oxygen atoms in total. The molecule has 1 amide bonds. The van der Waals surface area contributed by atoms with E-state index >= 15 is 0 Å². The van der Waals surface area contributed by atoms with E-state index in [0.29, 0.717) is 21.5 Å². The molecule has 0 saturated heterocycles. The van der Waals surface area contributed by atoms with Gasteiger partial charge >= 0.3 is 0 Å². The Bertz CT molecular complexity index is 616. The maximum absolute atomic E-state index is 12.1. The van der Waals surface area contributed by atoms with Crippen molar-refractivity contribution in [2.24, 2.45) is 0 Å². The zero-order valence-corrected chi connectivity index (χ0v) is 13.1. The lowest BCUT2D eigenvalue weighted by atomic mass is 10.2. The van der Waals surface area contributed by atoms with Crippen LogP contribution in [0, 0.1) is 0 Å². The van der Waals surface area contributed by atoms with Crippen molar-refractivity contribution in [3.63, 3.8) is 0 Å². The first-order chi connectivity index (χ1) is 10.1. The fourth-order valence-corrected chi connectivity index (χ4v) is 2.31. The zero-order valence-electron chi connectivity index (χ0n) is 11.5. The first-order valence-electron chi connectivity index (χ1n) is 6.52. The Morgan fingerprint density at radius 1 is 1.24 bits per heavy atom. The summed E-state index contributed by atoms with van der Waals surface area (Å²) in [6.45, 7) is 1.51. The second kappa shape index (κ2) is 7.24. The maximum atomic E-state index is 12.1. The van der Waals surface area contributed by atoms with Crippen molar-refractivity contribution in [2.45, 2.75) is 19.6 Å². The number of nitrogens with one attached hydrogen (secondary N) is 1. The molecule has 21 heavy (non-hydrogen) atoms. The number of hydrogen-bond donors (Lipinski definition) is 2. The SMILES string of the molecule is CC(Oc1c(Br)cccc1CO)C(=O)Nc1ccccc1. The Labute approximate surface area is 131 Å². The molecule has 2 N–H and O–H groups in total. The number of amides is 1. The summed E-state index contributed by atoms with van der Waals surface area (Å²) in [5.74, 6) is 0.233. The van der Waals surface area contributed by atoms with E-state index in [-0.39, 0.29) is 12.5 Å². The van der Waals surface area contributed by atoms with Gasteiger partial charge in [0.05, 0.1) is 11.1 Å². The van der Waals surface area contributed by atoms with Gasteiger partial charge in [-0.1, -0.05) is 30.3 Å². The summed E-state index contributed by atoms with van der Waals surface area (Å²) < 4.78 is 6.38. The molecule has 0 radical (unpaired) electrons. The predicted molar refractivity (Wildman–Crippen MR) is 85.2 cm³/mol. The second-order valence-electron chi connectivity index (χ2n) is 4.50. The van der Waals surface area contributed by atoms with Crippen molar-refractivity contribution >= 4 is 27.5 Å². The molecule has 1 atom stereocenters. The molecule has 0 aromatic heterocycles. The third-order valence-electron chi connectivity index (χ3n) is 2.92. The molecule has 2 aromatic rings. The van der Waals surface area contributed by atoms with Crippen LogP contribution in [-0.4, -0.2) is 17.1 Å². The number of anilines is 1. The van der Waals surface area contributed by atoms with Crippen molar-refractivity contribution in [3.8, 4) is 5.75 Å². The van der Waals surface area contributed by atoms with Gasteiger partial charge in [0.15, 0.2) is 6.10 Å². The third kappa shape index (κ3) is 4.06. The van der Waals surface area contributed by atoms with Crippen LogP contribution in [0.2, 0.25) is 0 Å². The van der Waals surface area contributed by atoms with E-state index in [4.69, 9.17) is 4.74 Å². The minimum atomic E-state index is -0.686. The Kier molecular flexibility index (Phi) is 5.36. The molecule has 0 aliphatic carbocycles. The maximum Gasteiger partial charge on any atom is 0.265 e. The van der Waals surface area contributed by atoms with Crippen molar-refractivity contribution in [3.05, 3.63) is 58.6 Å². The monoisotopic (exact) mass is 349 g/mol.